The van der Waals surface area contributed by atoms with Crippen LogP contribution in [0.15, 0.2) is 188 Å². The van der Waals surface area contributed by atoms with Crippen LogP contribution in [0.4, 0.5) is 0 Å². The molecular formula is C51H31N3S2. The summed E-state index contributed by atoms with van der Waals surface area (Å²) in [5.41, 5.74) is 11.6. The van der Waals surface area contributed by atoms with Crippen molar-refractivity contribution in [3.8, 4) is 67.3 Å². The second-order valence-electron chi connectivity index (χ2n) is 14.0. The number of nitrogens with zero attached hydrogens (tertiary/aromatic N) is 3. The lowest BCUT2D eigenvalue weighted by Gasteiger charge is -2.15. The van der Waals surface area contributed by atoms with E-state index < -0.39 is 0 Å². The van der Waals surface area contributed by atoms with Gasteiger partial charge in [0.05, 0.1) is 11.4 Å². The quantitative estimate of drug-likeness (QED) is 0.170. The van der Waals surface area contributed by atoms with Gasteiger partial charge in [0.2, 0.25) is 0 Å². The van der Waals surface area contributed by atoms with Crippen LogP contribution < -0.4 is 0 Å². The smallest absolute Gasteiger partial charge is 0.160 e. The molecule has 7 aromatic carbocycles. The van der Waals surface area contributed by atoms with Gasteiger partial charge >= 0.3 is 0 Å². The fourth-order valence-corrected chi connectivity index (χ4v) is 10.0. The van der Waals surface area contributed by atoms with Crippen LogP contribution in [0.25, 0.3) is 108 Å². The second kappa shape index (κ2) is 13.5. The van der Waals surface area contributed by atoms with Gasteiger partial charge in [-0.25, -0.2) is 9.97 Å². The van der Waals surface area contributed by atoms with Crippen molar-refractivity contribution in [3.63, 3.8) is 0 Å². The average molecular weight is 750 g/mol. The highest BCUT2D eigenvalue weighted by molar-refractivity contribution is 7.26. The predicted octanol–water partition coefficient (Wildman–Crippen LogP) is 14.6. The first-order chi connectivity index (χ1) is 27.7. The normalized spacial score (nSPS) is 11.6. The van der Waals surface area contributed by atoms with Gasteiger partial charge in [0.15, 0.2) is 5.82 Å². The molecule has 0 N–H and O–H groups in total. The highest BCUT2D eigenvalue weighted by Crippen LogP contribution is 2.42. The molecule has 11 aromatic rings. The molecule has 0 fully saturated rings. The summed E-state index contributed by atoms with van der Waals surface area (Å²) in [5, 5.41) is 5.15. The van der Waals surface area contributed by atoms with Gasteiger partial charge in [0.1, 0.15) is 0 Å². The van der Waals surface area contributed by atoms with Crippen molar-refractivity contribution in [2.75, 3.05) is 0 Å². The Hall–Kier alpha value is -6.79. The van der Waals surface area contributed by atoms with Crippen LogP contribution in [0.1, 0.15) is 0 Å². The SMILES string of the molecule is c1ccc(-c2nc(-c3cc(-c4ccc5sc6ccccc6c5c4)cc(-c4ccc5sc6ccccc6c5c4)c3)cc(-c3ccccc3-c3ccncc3)n2)cc1. The highest BCUT2D eigenvalue weighted by Gasteiger charge is 2.17. The second-order valence-corrected chi connectivity index (χ2v) is 16.2. The van der Waals surface area contributed by atoms with Crippen LogP contribution in [0.5, 0.6) is 0 Å². The topological polar surface area (TPSA) is 38.7 Å². The number of benzene rings is 7. The number of fused-ring (bicyclic) bond motifs is 6. The van der Waals surface area contributed by atoms with E-state index in [4.69, 9.17) is 9.97 Å². The number of rotatable bonds is 6. The highest BCUT2D eigenvalue weighted by atomic mass is 32.1. The molecule has 0 aliphatic rings. The summed E-state index contributed by atoms with van der Waals surface area (Å²) in [6.07, 6.45) is 3.68. The van der Waals surface area contributed by atoms with Crippen LogP contribution in [0.2, 0.25) is 0 Å². The molecule has 0 saturated heterocycles. The van der Waals surface area contributed by atoms with Crippen molar-refractivity contribution in [1.82, 2.24) is 15.0 Å². The van der Waals surface area contributed by atoms with E-state index in [1.807, 2.05) is 53.3 Å². The molecule has 3 nitrogen and oxygen atoms in total. The van der Waals surface area contributed by atoms with E-state index in [2.05, 4.69) is 163 Å². The molecule has 0 saturated carbocycles. The van der Waals surface area contributed by atoms with Crippen LogP contribution >= 0.6 is 22.7 Å². The lowest BCUT2D eigenvalue weighted by atomic mass is 9.93. The molecule has 0 amide bonds. The minimum absolute atomic E-state index is 0.687. The molecule has 5 heteroatoms. The minimum atomic E-state index is 0.687. The maximum atomic E-state index is 5.32. The molecule has 11 rings (SSSR count). The molecule has 0 spiro atoms. The van der Waals surface area contributed by atoms with Crippen molar-refractivity contribution in [2.24, 2.45) is 0 Å². The number of thiophene rings is 2. The molecule has 0 aliphatic heterocycles. The van der Waals surface area contributed by atoms with Gasteiger partial charge in [0, 0.05) is 69.4 Å². The Balaban J connectivity index is 1.15. The number of hydrogen-bond acceptors (Lipinski definition) is 5. The van der Waals surface area contributed by atoms with E-state index in [0.717, 1.165) is 50.3 Å². The molecule has 0 unspecified atom stereocenters. The molecule has 0 aliphatic carbocycles. The summed E-state index contributed by atoms with van der Waals surface area (Å²) in [7, 11) is 0. The molecular weight excluding hydrogens is 719 g/mol. The maximum Gasteiger partial charge on any atom is 0.160 e. The van der Waals surface area contributed by atoms with Gasteiger partial charge in [0.25, 0.3) is 0 Å². The van der Waals surface area contributed by atoms with Crippen molar-refractivity contribution in [1.29, 1.82) is 0 Å². The van der Waals surface area contributed by atoms with E-state index in [-0.39, 0.29) is 0 Å². The van der Waals surface area contributed by atoms with Crippen molar-refractivity contribution in [3.05, 3.63) is 188 Å². The fraction of sp³-hybridized carbons (Fsp3) is 0. The van der Waals surface area contributed by atoms with Crippen molar-refractivity contribution < 1.29 is 0 Å². The Morgan fingerprint density at radius 3 is 1.46 bits per heavy atom. The molecule has 262 valence electrons. The first-order valence-corrected chi connectivity index (χ1v) is 20.3. The molecule has 4 aromatic heterocycles. The van der Waals surface area contributed by atoms with Gasteiger partial charge < -0.3 is 0 Å². The Labute approximate surface area is 331 Å². The average Bonchev–Trinajstić information content (AvgIpc) is 3.84. The minimum Gasteiger partial charge on any atom is -0.265 e. The van der Waals surface area contributed by atoms with Gasteiger partial charge in [-0.05, 0) is 106 Å². The van der Waals surface area contributed by atoms with Gasteiger partial charge in [-0.15, -0.1) is 22.7 Å². The first-order valence-electron chi connectivity index (χ1n) is 18.6. The van der Waals surface area contributed by atoms with Gasteiger partial charge in [-0.1, -0.05) is 103 Å². The van der Waals surface area contributed by atoms with E-state index >= 15 is 0 Å². The molecule has 0 radical (unpaired) electrons. The molecule has 56 heavy (non-hydrogen) atoms. The van der Waals surface area contributed by atoms with Crippen molar-refractivity contribution in [2.45, 2.75) is 0 Å². The lowest BCUT2D eigenvalue weighted by Crippen LogP contribution is -1.97. The Kier molecular flexibility index (Phi) is 7.87. The zero-order valence-electron chi connectivity index (χ0n) is 30.1. The Bertz CT molecular complexity index is 3120. The Morgan fingerprint density at radius 2 is 0.821 bits per heavy atom. The number of hydrogen-bond donors (Lipinski definition) is 0. The summed E-state index contributed by atoms with van der Waals surface area (Å²) in [6, 6.07) is 63.2. The summed E-state index contributed by atoms with van der Waals surface area (Å²) in [6.45, 7) is 0. The van der Waals surface area contributed by atoms with E-state index in [1.54, 1.807) is 0 Å². The first kappa shape index (κ1) is 32.6. The third-order valence-electron chi connectivity index (χ3n) is 10.6. The summed E-state index contributed by atoms with van der Waals surface area (Å²) in [4.78, 5) is 14.8. The monoisotopic (exact) mass is 749 g/mol. The van der Waals surface area contributed by atoms with E-state index in [0.29, 0.717) is 5.82 Å². The summed E-state index contributed by atoms with van der Waals surface area (Å²) in [5.74, 6) is 0.687. The van der Waals surface area contributed by atoms with E-state index in [9.17, 15) is 0 Å². The zero-order chi connectivity index (χ0) is 37.0. The molecule has 0 bridgehead atoms. The van der Waals surface area contributed by atoms with Crippen LogP contribution in [-0.2, 0) is 0 Å². The van der Waals surface area contributed by atoms with Crippen LogP contribution in [0.3, 0.4) is 0 Å². The summed E-state index contributed by atoms with van der Waals surface area (Å²) < 4.78 is 5.20. The third-order valence-corrected chi connectivity index (χ3v) is 12.9. The van der Waals surface area contributed by atoms with Crippen LogP contribution in [-0.4, -0.2) is 15.0 Å². The zero-order valence-corrected chi connectivity index (χ0v) is 31.7. The number of pyridine rings is 1. The largest absolute Gasteiger partial charge is 0.265 e. The molecule has 0 atom stereocenters. The van der Waals surface area contributed by atoms with Crippen molar-refractivity contribution >= 4 is 63.0 Å². The van der Waals surface area contributed by atoms with Crippen LogP contribution in [0, 0.1) is 0 Å². The fourth-order valence-electron chi connectivity index (χ4n) is 7.86. The van der Waals surface area contributed by atoms with Gasteiger partial charge in [-0.3, -0.25) is 4.98 Å². The van der Waals surface area contributed by atoms with E-state index in [1.165, 1.54) is 51.5 Å². The lowest BCUT2D eigenvalue weighted by molar-refractivity contribution is 1.18. The Morgan fingerprint density at radius 1 is 0.304 bits per heavy atom. The predicted molar refractivity (Wildman–Crippen MR) is 238 cm³/mol. The maximum absolute atomic E-state index is 5.32. The number of aromatic nitrogens is 3. The molecule has 4 heterocycles. The summed E-state index contributed by atoms with van der Waals surface area (Å²) >= 11 is 3.69. The van der Waals surface area contributed by atoms with Gasteiger partial charge in [-0.2, -0.15) is 0 Å². The standard InChI is InChI=1S/C51H31N3S2/c1-2-10-33(11-3-1)51-53-45(31-46(54-51)40-13-5-4-12-39(40)32-22-24-52-25-23-32)38-27-36(34-18-20-49-43(29-34)41-14-6-8-16-47(41)55-49)26-37(28-38)35-19-21-50-44(30-35)42-15-7-9-17-48(42)56-50/h1-31H. The third kappa shape index (κ3) is 5.77.